The van der Waals surface area contributed by atoms with Crippen LogP contribution in [0.4, 0.5) is 0 Å². The van der Waals surface area contributed by atoms with Crippen LogP contribution in [0.2, 0.25) is 0 Å². The number of allylic oxidation sites excluding steroid dienone is 2. The van der Waals surface area contributed by atoms with E-state index in [0.29, 0.717) is 6.42 Å². The second-order valence-corrected chi connectivity index (χ2v) is 9.62. The Morgan fingerprint density at radius 2 is 0.774 bits per heavy atom. The Bertz CT molecular complexity index is 375. The molecule has 0 aromatic heterocycles. The summed E-state index contributed by atoms with van der Waals surface area (Å²) >= 11 is 0. The number of hydrogen-bond acceptors (Lipinski definition) is 1. The second kappa shape index (κ2) is 27.2. The van der Waals surface area contributed by atoms with Gasteiger partial charge in [-0.1, -0.05) is 147 Å². The molecule has 0 aromatic carbocycles. The molecule has 0 amide bonds. The highest BCUT2D eigenvalue weighted by Gasteiger charge is 1.97. The number of carboxylic acids is 1. The van der Waals surface area contributed by atoms with Crippen LogP contribution in [-0.4, -0.2) is 11.1 Å². The summed E-state index contributed by atoms with van der Waals surface area (Å²) in [5.74, 6) is -0.650. The molecular weight excluding hydrogens is 380 g/mol. The molecular formula is C29H56O2. The van der Waals surface area contributed by atoms with Crippen LogP contribution in [0.15, 0.2) is 12.2 Å². The number of unbranched alkanes of at least 4 members (excludes halogenated alkanes) is 22. The quantitative estimate of drug-likeness (QED) is 0.108. The van der Waals surface area contributed by atoms with E-state index in [0.717, 1.165) is 12.8 Å². The smallest absolute Gasteiger partial charge is 0.303 e. The Labute approximate surface area is 195 Å². The summed E-state index contributed by atoms with van der Waals surface area (Å²) in [7, 11) is 0. The van der Waals surface area contributed by atoms with Gasteiger partial charge < -0.3 is 5.11 Å². The molecule has 0 aromatic rings. The number of carboxylic acid groups (broad SMARTS) is 1. The molecule has 0 saturated heterocycles. The van der Waals surface area contributed by atoms with Crippen LogP contribution < -0.4 is 0 Å². The number of hydrogen-bond donors (Lipinski definition) is 1. The van der Waals surface area contributed by atoms with Crippen LogP contribution in [0.25, 0.3) is 0 Å². The maximum atomic E-state index is 10.4. The van der Waals surface area contributed by atoms with Gasteiger partial charge in [-0.2, -0.15) is 0 Å². The van der Waals surface area contributed by atoms with Gasteiger partial charge in [0, 0.05) is 6.42 Å². The summed E-state index contributed by atoms with van der Waals surface area (Å²) in [4.78, 5) is 10.4. The van der Waals surface area contributed by atoms with E-state index in [1.54, 1.807) is 0 Å². The van der Waals surface area contributed by atoms with Crippen LogP contribution in [0.3, 0.4) is 0 Å². The Hall–Kier alpha value is -0.790. The minimum atomic E-state index is -0.650. The molecule has 0 rings (SSSR count). The van der Waals surface area contributed by atoms with E-state index in [-0.39, 0.29) is 0 Å². The van der Waals surface area contributed by atoms with Gasteiger partial charge in [-0.15, -0.1) is 0 Å². The lowest BCUT2D eigenvalue weighted by Gasteiger charge is -2.04. The molecule has 0 bridgehead atoms. The van der Waals surface area contributed by atoms with Crippen LogP contribution in [0.5, 0.6) is 0 Å². The van der Waals surface area contributed by atoms with Gasteiger partial charge in [-0.3, -0.25) is 4.79 Å². The summed E-state index contributed by atoms with van der Waals surface area (Å²) in [5.41, 5.74) is 0. The maximum absolute atomic E-state index is 10.4. The average Bonchev–Trinajstić information content (AvgIpc) is 2.76. The standard InChI is InChI=1S/C29H56O2/c1-2-3-4-5-6-7-8-9-10-11-12-13-14-15-16-17-18-19-20-21-22-23-24-25-26-27-28-29(30)31/h5-6H,2-4,7-28H2,1H3,(H,30,31). The zero-order chi connectivity index (χ0) is 22.7. The van der Waals surface area contributed by atoms with Crippen molar-refractivity contribution in [2.45, 2.75) is 167 Å². The molecule has 184 valence electrons. The van der Waals surface area contributed by atoms with E-state index in [4.69, 9.17) is 5.11 Å². The lowest BCUT2D eigenvalue weighted by atomic mass is 10.0. The lowest BCUT2D eigenvalue weighted by molar-refractivity contribution is -0.137. The number of rotatable bonds is 26. The van der Waals surface area contributed by atoms with Gasteiger partial charge in [-0.05, 0) is 25.7 Å². The summed E-state index contributed by atoms with van der Waals surface area (Å²) in [6.07, 6.45) is 37.5. The van der Waals surface area contributed by atoms with Crippen LogP contribution in [-0.2, 0) is 4.79 Å². The maximum Gasteiger partial charge on any atom is 0.303 e. The highest BCUT2D eigenvalue weighted by atomic mass is 16.4. The molecule has 2 nitrogen and oxygen atoms in total. The van der Waals surface area contributed by atoms with E-state index < -0.39 is 5.97 Å². The normalized spacial score (nSPS) is 11.5. The third-order valence-electron chi connectivity index (χ3n) is 6.40. The van der Waals surface area contributed by atoms with Gasteiger partial charge in [-0.25, -0.2) is 0 Å². The fourth-order valence-corrected chi connectivity index (χ4v) is 4.28. The predicted molar refractivity (Wildman–Crippen MR) is 138 cm³/mol. The third kappa shape index (κ3) is 29.2. The summed E-state index contributed by atoms with van der Waals surface area (Å²) < 4.78 is 0. The first-order valence-corrected chi connectivity index (χ1v) is 14.1. The highest BCUT2D eigenvalue weighted by molar-refractivity contribution is 5.66. The van der Waals surface area contributed by atoms with E-state index in [1.807, 2.05) is 0 Å². The Balaban J connectivity index is 3.03. The highest BCUT2D eigenvalue weighted by Crippen LogP contribution is 2.15. The van der Waals surface area contributed by atoms with Gasteiger partial charge in [0.25, 0.3) is 0 Å². The van der Waals surface area contributed by atoms with Crippen molar-refractivity contribution < 1.29 is 9.90 Å². The first kappa shape index (κ1) is 30.2. The Morgan fingerprint density at radius 3 is 1.10 bits per heavy atom. The van der Waals surface area contributed by atoms with Gasteiger partial charge in [0.2, 0.25) is 0 Å². The fraction of sp³-hybridized carbons (Fsp3) is 0.897. The number of aliphatic carboxylic acids is 1. The number of carbonyl (C=O) groups is 1. The van der Waals surface area contributed by atoms with E-state index >= 15 is 0 Å². The molecule has 31 heavy (non-hydrogen) atoms. The van der Waals surface area contributed by atoms with Crippen molar-refractivity contribution in [1.82, 2.24) is 0 Å². The zero-order valence-electron chi connectivity index (χ0n) is 21.2. The van der Waals surface area contributed by atoms with Crippen molar-refractivity contribution in [3.63, 3.8) is 0 Å². The minimum absolute atomic E-state index is 0.345. The second-order valence-electron chi connectivity index (χ2n) is 9.62. The Kier molecular flexibility index (Phi) is 26.5. The van der Waals surface area contributed by atoms with Crippen molar-refractivity contribution in [2.75, 3.05) is 0 Å². The minimum Gasteiger partial charge on any atom is -0.481 e. The van der Waals surface area contributed by atoms with Crippen LogP contribution >= 0.6 is 0 Å². The third-order valence-corrected chi connectivity index (χ3v) is 6.40. The summed E-state index contributed by atoms with van der Waals surface area (Å²) in [6.45, 7) is 2.26. The molecule has 1 N–H and O–H groups in total. The summed E-state index contributed by atoms with van der Waals surface area (Å²) in [6, 6.07) is 0. The van der Waals surface area contributed by atoms with Crippen molar-refractivity contribution >= 4 is 5.97 Å². The molecule has 0 aliphatic rings. The molecule has 0 fully saturated rings. The molecule has 0 heterocycles. The monoisotopic (exact) mass is 436 g/mol. The molecule has 0 aliphatic carbocycles. The van der Waals surface area contributed by atoms with Gasteiger partial charge >= 0.3 is 5.97 Å². The molecule has 0 saturated carbocycles. The van der Waals surface area contributed by atoms with Crippen molar-refractivity contribution in [3.05, 3.63) is 12.2 Å². The molecule has 0 radical (unpaired) electrons. The van der Waals surface area contributed by atoms with E-state index in [2.05, 4.69) is 19.1 Å². The van der Waals surface area contributed by atoms with Crippen molar-refractivity contribution in [2.24, 2.45) is 0 Å². The first-order valence-electron chi connectivity index (χ1n) is 14.1. The SMILES string of the molecule is CCCCC=CCCCCCCCCCCCCCCCCCCCCCCC(=O)O. The van der Waals surface area contributed by atoms with E-state index in [9.17, 15) is 4.79 Å². The summed E-state index contributed by atoms with van der Waals surface area (Å²) in [5, 5.41) is 8.60. The van der Waals surface area contributed by atoms with Gasteiger partial charge in [0.05, 0.1) is 0 Å². The Morgan fingerprint density at radius 1 is 0.484 bits per heavy atom. The van der Waals surface area contributed by atoms with E-state index in [1.165, 1.54) is 141 Å². The van der Waals surface area contributed by atoms with Crippen molar-refractivity contribution in [1.29, 1.82) is 0 Å². The van der Waals surface area contributed by atoms with Crippen LogP contribution in [0.1, 0.15) is 167 Å². The zero-order valence-corrected chi connectivity index (χ0v) is 21.2. The first-order chi connectivity index (χ1) is 15.3. The largest absolute Gasteiger partial charge is 0.481 e. The van der Waals surface area contributed by atoms with Crippen LogP contribution in [0, 0.1) is 0 Å². The van der Waals surface area contributed by atoms with Gasteiger partial charge in [0.15, 0.2) is 0 Å². The van der Waals surface area contributed by atoms with Gasteiger partial charge in [0.1, 0.15) is 0 Å². The van der Waals surface area contributed by atoms with Crippen molar-refractivity contribution in [3.8, 4) is 0 Å². The molecule has 0 unspecified atom stereocenters. The lowest BCUT2D eigenvalue weighted by Crippen LogP contribution is -1.93. The average molecular weight is 437 g/mol. The molecule has 2 heteroatoms. The predicted octanol–water partition coefficient (Wildman–Crippen LogP) is 10.4. The molecule has 0 spiro atoms. The topological polar surface area (TPSA) is 37.3 Å². The fourth-order valence-electron chi connectivity index (χ4n) is 4.28. The molecule has 0 atom stereocenters. The molecule has 0 aliphatic heterocycles.